The first-order chi connectivity index (χ1) is 5.49. The van der Waals surface area contributed by atoms with E-state index < -0.39 is 0 Å². The fourth-order valence-corrected chi connectivity index (χ4v) is 0.945. The van der Waals surface area contributed by atoms with Crippen LogP contribution in [-0.4, -0.2) is 5.60 Å². The summed E-state index contributed by atoms with van der Waals surface area (Å²) in [6, 6.07) is 8.90. The molecule has 12 heavy (non-hydrogen) atoms. The van der Waals surface area contributed by atoms with Gasteiger partial charge in [0.1, 0.15) is 11.4 Å². The van der Waals surface area contributed by atoms with Crippen LogP contribution in [0.3, 0.4) is 0 Å². The first kappa shape index (κ1) is 9.11. The van der Waals surface area contributed by atoms with Crippen LogP contribution in [0.15, 0.2) is 18.2 Å². The number of hydrogen-bond donors (Lipinski definition) is 0. The van der Waals surface area contributed by atoms with Crippen LogP contribution < -0.4 is 4.74 Å². The Labute approximate surface area is 74.4 Å². The third-order valence-corrected chi connectivity index (χ3v) is 1.43. The van der Waals surface area contributed by atoms with Crippen LogP contribution in [0, 0.1) is 13.0 Å². The van der Waals surface area contributed by atoms with Crippen molar-refractivity contribution in [3.8, 4) is 5.75 Å². The third-order valence-electron chi connectivity index (χ3n) is 1.43. The molecule has 0 aromatic heterocycles. The second-order valence-corrected chi connectivity index (χ2v) is 3.87. The van der Waals surface area contributed by atoms with Gasteiger partial charge in [-0.2, -0.15) is 0 Å². The van der Waals surface area contributed by atoms with Crippen LogP contribution in [-0.2, 0) is 0 Å². The Morgan fingerprint density at radius 1 is 1.33 bits per heavy atom. The van der Waals surface area contributed by atoms with Gasteiger partial charge in [0.05, 0.1) is 0 Å². The van der Waals surface area contributed by atoms with Gasteiger partial charge in [0, 0.05) is 0 Å². The number of ether oxygens (including phenoxy) is 1. The molecule has 0 bridgehead atoms. The van der Waals surface area contributed by atoms with Gasteiger partial charge in [-0.3, -0.25) is 0 Å². The van der Waals surface area contributed by atoms with Crippen molar-refractivity contribution in [2.24, 2.45) is 0 Å². The van der Waals surface area contributed by atoms with Crippen LogP contribution in [0.25, 0.3) is 0 Å². The smallest absolute Gasteiger partial charge is 0.123 e. The minimum absolute atomic E-state index is 0.125. The average molecular weight is 163 g/mol. The van der Waals surface area contributed by atoms with Crippen molar-refractivity contribution < 1.29 is 4.74 Å². The van der Waals surface area contributed by atoms with Gasteiger partial charge in [-0.25, -0.2) is 0 Å². The number of hydrogen-bond acceptors (Lipinski definition) is 1. The number of aryl methyl sites for hydroxylation is 1. The standard InChI is InChI=1S/C11H15O/c1-9-7-5-6-8-10(9)12-11(2,3)4/h5-6,8H,1-4H3. The van der Waals surface area contributed by atoms with Gasteiger partial charge in [0.15, 0.2) is 0 Å². The van der Waals surface area contributed by atoms with Gasteiger partial charge in [-0.05, 0) is 45.4 Å². The largest absolute Gasteiger partial charge is 0.488 e. The maximum atomic E-state index is 5.70. The van der Waals surface area contributed by atoms with Crippen molar-refractivity contribution in [3.63, 3.8) is 0 Å². The molecule has 0 aliphatic heterocycles. The zero-order valence-corrected chi connectivity index (χ0v) is 8.14. The van der Waals surface area contributed by atoms with Gasteiger partial charge in [-0.1, -0.05) is 12.1 Å². The van der Waals surface area contributed by atoms with Gasteiger partial charge < -0.3 is 4.74 Å². The molecule has 0 N–H and O–H groups in total. The second-order valence-electron chi connectivity index (χ2n) is 3.87. The van der Waals surface area contributed by atoms with Crippen molar-refractivity contribution >= 4 is 0 Å². The normalized spacial score (nSPS) is 11.3. The predicted molar refractivity (Wildman–Crippen MR) is 50.4 cm³/mol. The summed E-state index contributed by atoms with van der Waals surface area (Å²) in [7, 11) is 0. The van der Waals surface area contributed by atoms with E-state index in [1.54, 1.807) is 0 Å². The Balaban J connectivity index is 2.83. The molecule has 1 rings (SSSR count). The summed E-state index contributed by atoms with van der Waals surface area (Å²) in [6.45, 7) is 8.12. The summed E-state index contributed by atoms with van der Waals surface area (Å²) >= 11 is 0. The maximum absolute atomic E-state index is 5.70. The molecule has 0 spiro atoms. The topological polar surface area (TPSA) is 9.23 Å². The van der Waals surface area contributed by atoms with Gasteiger partial charge in [0.2, 0.25) is 0 Å². The van der Waals surface area contributed by atoms with E-state index in [2.05, 4.69) is 6.07 Å². The predicted octanol–water partition coefficient (Wildman–Crippen LogP) is 2.97. The lowest BCUT2D eigenvalue weighted by Gasteiger charge is -2.22. The molecule has 1 aromatic carbocycles. The Morgan fingerprint density at radius 3 is 2.50 bits per heavy atom. The Hall–Kier alpha value is -0.980. The van der Waals surface area contributed by atoms with Crippen molar-refractivity contribution in [1.82, 2.24) is 0 Å². The van der Waals surface area contributed by atoms with E-state index in [4.69, 9.17) is 4.74 Å². The van der Waals surface area contributed by atoms with Crippen LogP contribution in [0.2, 0.25) is 0 Å². The zero-order chi connectivity index (χ0) is 9.19. The molecule has 0 unspecified atom stereocenters. The molecule has 1 heteroatoms. The van der Waals surface area contributed by atoms with E-state index in [1.165, 1.54) is 0 Å². The van der Waals surface area contributed by atoms with Crippen LogP contribution in [0.1, 0.15) is 26.3 Å². The molecule has 0 aliphatic carbocycles. The van der Waals surface area contributed by atoms with E-state index >= 15 is 0 Å². The summed E-state index contributed by atoms with van der Waals surface area (Å²) in [5.74, 6) is 0.921. The molecule has 0 saturated carbocycles. The highest BCUT2D eigenvalue weighted by Crippen LogP contribution is 2.21. The minimum Gasteiger partial charge on any atom is -0.488 e. The molecule has 1 nitrogen and oxygen atoms in total. The Kier molecular flexibility index (Phi) is 2.41. The van der Waals surface area contributed by atoms with Gasteiger partial charge >= 0.3 is 0 Å². The van der Waals surface area contributed by atoms with Crippen LogP contribution in [0.4, 0.5) is 0 Å². The Bertz CT molecular complexity index is 258. The highest BCUT2D eigenvalue weighted by atomic mass is 16.5. The lowest BCUT2D eigenvalue weighted by atomic mass is 10.1. The number of benzene rings is 1. The van der Waals surface area contributed by atoms with Crippen molar-refractivity contribution in [2.75, 3.05) is 0 Å². The fourth-order valence-electron chi connectivity index (χ4n) is 0.945. The molecule has 1 radical (unpaired) electrons. The maximum Gasteiger partial charge on any atom is 0.123 e. The molecule has 0 saturated heterocycles. The molecule has 0 atom stereocenters. The lowest BCUT2D eigenvalue weighted by molar-refractivity contribution is 0.130. The highest BCUT2D eigenvalue weighted by molar-refractivity contribution is 5.31. The summed E-state index contributed by atoms with van der Waals surface area (Å²) < 4.78 is 5.70. The second kappa shape index (κ2) is 3.18. The van der Waals surface area contributed by atoms with E-state index in [0.717, 1.165) is 11.3 Å². The molecule has 0 fully saturated rings. The SMILES string of the molecule is Cc1[c]cccc1OC(C)(C)C. The molecule has 0 aliphatic rings. The third kappa shape index (κ3) is 2.57. The first-order valence-corrected chi connectivity index (χ1v) is 4.15. The van der Waals surface area contributed by atoms with E-state index in [0.29, 0.717) is 0 Å². The van der Waals surface area contributed by atoms with Crippen molar-refractivity contribution in [3.05, 3.63) is 29.8 Å². The first-order valence-electron chi connectivity index (χ1n) is 4.15. The summed E-state index contributed by atoms with van der Waals surface area (Å²) in [5, 5.41) is 0. The quantitative estimate of drug-likeness (QED) is 0.618. The van der Waals surface area contributed by atoms with Crippen LogP contribution in [0.5, 0.6) is 5.75 Å². The fraction of sp³-hybridized carbons (Fsp3) is 0.455. The van der Waals surface area contributed by atoms with Crippen molar-refractivity contribution in [1.29, 1.82) is 0 Å². The lowest BCUT2D eigenvalue weighted by Crippen LogP contribution is -2.23. The monoisotopic (exact) mass is 163 g/mol. The molecule has 65 valence electrons. The molecule has 0 heterocycles. The van der Waals surface area contributed by atoms with E-state index in [-0.39, 0.29) is 5.60 Å². The van der Waals surface area contributed by atoms with E-state index in [1.807, 2.05) is 45.9 Å². The van der Waals surface area contributed by atoms with Crippen molar-refractivity contribution in [2.45, 2.75) is 33.3 Å². The summed E-state index contributed by atoms with van der Waals surface area (Å²) in [4.78, 5) is 0. The zero-order valence-electron chi connectivity index (χ0n) is 8.14. The van der Waals surface area contributed by atoms with Gasteiger partial charge in [0.25, 0.3) is 0 Å². The van der Waals surface area contributed by atoms with Gasteiger partial charge in [-0.15, -0.1) is 0 Å². The highest BCUT2D eigenvalue weighted by Gasteiger charge is 2.12. The van der Waals surface area contributed by atoms with E-state index in [9.17, 15) is 0 Å². The molecule has 1 aromatic rings. The average Bonchev–Trinajstić information content (AvgIpc) is 1.91. The Morgan fingerprint density at radius 2 is 2.00 bits per heavy atom. The summed E-state index contributed by atoms with van der Waals surface area (Å²) in [5.41, 5.74) is 0.937. The molecular weight excluding hydrogens is 148 g/mol. The molecule has 0 amide bonds. The van der Waals surface area contributed by atoms with Crippen LogP contribution >= 0.6 is 0 Å². The summed E-state index contributed by atoms with van der Waals surface area (Å²) in [6.07, 6.45) is 0. The minimum atomic E-state index is -0.125. The number of rotatable bonds is 1. The molecular formula is C11H15O.